The van der Waals surface area contributed by atoms with Crippen molar-refractivity contribution < 1.29 is 8.60 Å². The van der Waals surface area contributed by atoms with Gasteiger partial charge in [-0.25, -0.2) is 9.37 Å². The third-order valence-corrected chi connectivity index (χ3v) is 4.64. The molecule has 19 heavy (non-hydrogen) atoms. The first-order valence-corrected chi connectivity index (χ1v) is 7.58. The summed E-state index contributed by atoms with van der Waals surface area (Å²) in [7, 11) is -1.11. The van der Waals surface area contributed by atoms with Gasteiger partial charge in [-0.1, -0.05) is 6.08 Å². The Morgan fingerprint density at radius 3 is 3.11 bits per heavy atom. The fourth-order valence-electron chi connectivity index (χ4n) is 2.18. The Kier molecular flexibility index (Phi) is 3.36. The van der Waals surface area contributed by atoms with Crippen LogP contribution in [0, 0.1) is 0 Å². The predicted octanol–water partition coefficient (Wildman–Crippen LogP) is 2.39. The zero-order valence-electron chi connectivity index (χ0n) is 9.90. The number of nitrogens with zero attached hydrogens (tertiary/aromatic N) is 2. The molecule has 1 aromatic heterocycles. The Morgan fingerprint density at radius 2 is 2.32 bits per heavy atom. The Balaban J connectivity index is 1.93. The van der Waals surface area contributed by atoms with Crippen LogP contribution in [0.1, 0.15) is 12.1 Å². The molecule has 0 fully saturated rings. The van der Waals surface area contributed by atoms with Crippen molar-refractivity contribution in [2.24, 2.45) is 0 Å². The highest BCUT2D eigenvalue weighted by Crippen LogP contribution is 2.30. The highest BCUT2D eigenvalue weighted by molar-refractivity contribution is 7.85. The van der Waals surface area contributed by atoms with E-state index in [4.69, 9.17) is 11.6 Å². The molecule has 2 heterocycles. The number of nitrogens with one attached hydrogen (secondary N) is 1. The molecule has 1 aliphatic heterocycles. The molecule has 0 saturated heterocycles. The molecule has 4 nitrogen and oxygen atoms in total. The van der Waals surface area contributed by atoms with E-state index >= 15 is 0 Å². The maximum atomic E-state index is 13.2. The molecule has 1 aliphatic carbocycles. The van der Waals surface area contributed by atoms with Gasteiger partial charge in [0, 0.05) is 12.2 Å². The van der Waals surface area contributed by atoms with Crippen molar-refractivity contribution in [1.29, 1.82) is 0 Å². The Hall–Kier alpha value is -1.27. The van der Waals surface area contributed by atoms with Crippen LogP contribution < -0.4 is 5.32 Å². The minimum atomic E-state index is -1.11. The number of hydrogen-bond acceptors (Lipinski definition) is 4. The second-order valence-corrected chi connectivity index (χ2v) is 6.20. The molecule has 0 aromatic carbocycles. The third kappa shape index (κ3) is 2.55. The minimum Gasteiger partial charge on any atom is -0.362 e. The molecule has 0 spiro atoms. The van der Waals surface area contributed by atoms with Crippen LogP contribution in [0.3, 0.4) is 0 Å². The number of rotatable bonds is 2. The number of hydrogen-bond donors (Lipinski definition) is 1. The fourth-order valence-corrected chi connectivity index (χ4v) is 3.68. The van der Waals surface area contributed by atoms with Crippen LogP contribution in [0.15, 0.2) is 29.0 Å². The van der Waals surface area contributed by atoms with Crippen molar-refractivity contribution in [2.45, 2.75) is 23.8 Å². The normalized spacial score (nSPS) is 25.1. The summed E-state index contributed by atoms with van der Waals surface area (Å²) >= 11 is 5.86. The van der Waals surface area contributed by atoms with Crippen LogP contribution in [0.5, 0.6) is 0 Å². The van der Waals surface area contributed by atoms with Crippen LogP contribution in [-0.2, 0) is 17.2 Å². The lowest BCUT2D eigenvalue weighted by Crippen LogP contribution is -2.20. The molecule has 0 saturated carbocycles. The molecular formula is C12H11ClFN3OS. The molecule has 2 atom stereocenters. The van der Waals surface area contributed by atoms with Gasteiger partial charge in [0.15, 0.2) is 0 Å². The van der Waals surface area contributed by atoms with Gasteiger partial charge in [-0.3, -0.25) is 4.21 Å². The summed E-state index contributed by atoms with van der Waals surface area (Å²) in [6.45, 7) is 0. The van der Waals surface area contributed by atoms with Gasteiger partial charge < -0.3 is 5.32 Å². The summed E-state index contributed by atoms with van der Waals surface area (Å²) in [5.74, 6) is 0.699. The van der Waals surface area contributed by atoms with Crippen molar-refractivity contribution >= 4 is 28.2 Å². The van der Waals surface area contributed by atoms with Crippen molar-refractivity contribution in [1.82, 2.24) is 9.97 Å². The van der Waals surface area contributed by atoms with Crippen molar-refractivity contribution in [3.63, 3.8) is 0 Å². The number of fused-ring (bicyclic) bond motifs is 1. The Morgan fingerprint density at radius 1 is 1.47 bits per heavy atom. The summed E-state index contributed by atoms with van der Waals surface area (Å²) in [6, 6.07) is -0.210. The smallest absolute Gasteiger partial charge is 0.224 e. The topological polar surface area (TPSA) is 54.9 Å². The number of anilines is 1. The van der Waals surface area contributed by atoms with Gasteiger partial charge in [0.25, 0.3) is 0 Å². The quantitative estimate of drug-likeness (QED) is 0.852. The summed E-state index contributed by atoms with van der Waals surface area (Å²) < 4.78 is 25.1. The van der Waals surface area contributed by atoms with E-state index in [2.05, 4.69) is 15.3 Å². The lowest BCUT2D eigenvalue weighted by Gasteiger charge is -2.18. The zero-order valence-corrected chi connectivity index (χ0v) is 11.5. The van der Waals surface area contributed by atoms with Crippen LogP contribution >= 0.6 is 11.6 Å². The molecule has 3 rings (SSSR count). The monoisotopic (exact) mass is 299 g/mol. The molecule has 1 N–H and O–H groups in total. The van der Waals surface area contributed by atoms with E-state index in [1.165, 1.54) is 12.2 Å². The van der Waals surface area contributed by atoms with Gasteiger partial charge in [-0.05, 0) is 30.2 Å². The van der Waals surface area contributed by atoms with Crippen molar-refractivity contribution in [2.75, 3.05) is 11.1 Å². The van der Waals surface area contributed by atoms with Gasteiger partial charge in [-0.15, -0.1) is 0 Å². The molecule has 1 aromatic rings. The van der Waals surface area contributed by atoms with Gasteiger partial charge >= 0.3 is 0 Å². The van der Waals surface area contributed by atoms with E-state index in [-0.39, 0.29) is 17.2 Å². The van der Waals surface area contributed by atoms with Gasteiger partial charge in [-0.2, -0.15) is 4.98 Å². The number of aromatic nitrogens is 2. The van der Waals surface area contributed by atoms with Crippen molar-refractivity contribution in [3.05, 3.63) is 35.0 Å². The molecule has 2 aliphatic rings. The summed E-state index contributed by atoms with van der Waals surface area (Å²) in [6.07, 6.45) is 5.92. The Labute approximate surface area is 117 Å². The lowest BCUT2D eigenvalue weighted by atomic mass is 10.1. The van der Waals surface area contributed by atoms with E-state index in [9.17, 15) is 8.60 Å². The first-order chi connectivity index (χ1) is 9.13. The SMILES string of the molecule is O=S1CCc2nc(Cl)nc(NC3C=C(F)C=CC3)c21. The number of allylic oxidation sites excluding steroid dienone is 2. The molecule has 100 valence electrons. The zero-order chi connectivity index (χ0) is 13.4. The molecule has 0 bridgehead atoms. The Bertz CT molecular complexity index is 617. The number of halogens is 2. The van der Waals surface area contributed by atoms with Gasteiger partial charge in [0.1, 0.15) is 16.5 Å². The predicted molar refractivity (Wildman–Crippen MR) is 72.4 cm³/mol. The maximum Gasteiger partial charge on any atom is 0.224 e. The summed E-state index contributed by atoms with van der Waals surface area (Å²) in [4.78, 5) is 8.78. The average Bonchev–Trinajstić information content (AvgIpc) is 2.71. The molecule has 0 radical (unpaired) electrons. The highest BCUT2D eigenvalue weighted by Gasteiger charge is 2.26. The second-order valence-electron chi connectivity index (χ2n) is 4.36. The van der Waals surface area contributed by atoms with E-state index in [0.29, 0.717) is 29.3 Å². The standard InChI is InChI=1S/C12H11ClFN3OS/c13-12-16-9-4-5-19(18)10(9)11(17-12)15-8-3-1-2-7(14)6-8/h1-2,6,8H,3-5H2,(H,15,16,17). The van der Waals surface area contributed by atoms with E-state index < -0.39 is 10.8 Å². The second kappa shape index (κ2) is 5.02. The van der Waals surface area contributed by atoms with Crippen LogP contribution in [-0.4, -0.2) is 26.0 Å². The average molecular weight is 300 g/mol. The van der Waals surface area contributed by atoms with E-state index in [1.807, 2.05) is 0 Å². The van der Waals surface area contributed by atoms with Crippen LogP contribution in [0.2, 0.25) is 5.28 Å². The number of aryl methyl sites for hydroxylation is 1. The highest BCUT2D eigenvalue weighted by atomic mass is 35.5. The fraction of sp³-hybridized carbons (Fsp3) is 0.333. The van der Waals surface area contributed by atoms with Gasteiger partial charge in [0.05, 0.1) is 22.5 Å². The molecule has 0 amide bonds. The first-order valence-electron chi connectivity index (χ1n) is 5.88. The summed E-state index contributed by atoms with van der Waals surface area (Å²) in [5, 5.41) is 3.21. The van der Waals surface area contributed by atoms with Crippen molar-refractivity contribution in [3.8, 4) is 0 Å². The maximum absolute atomic E-state index is 13.2. The van der Waals surface area contributed by atoms with E-state index in [1.54, 1.807) is 6.08 Å². The van der Waals surface area contributed by atoms with Crippen LogP contribution in [0.4, 0.5) is 10.2 Å². The lowest BCUT2D eigenvalue weighted by molar-refractivity contribution is 0.643. The largest absolute Gasteiger partial charge is 0.362 e. The third-order valence-electron chi connectivity index (χ3n) is 3.01. The minimum absolute atomic E-state index is 0.121. The summed E-state index contributed by atoms with van der Waals surface area (Å²) in [5.41, 5.74) is 0.719. The van der Waals surface area contributed by atoms with Crippen LogP contribution in [0.25, 0.3) is 0 Å². The van der Waals surface area contributed by atoms with E-state index in [0.717, 1.165) is 5.69 Å². The van der Waals surface area contributed by atoms with Gasteiger partial charge in [0.2, 0.25) is 5.28 Å². The first kappa shape index (κ1) is 12.7. The molecule has 2 unspecified atom stereocenters. The molecular weight excluding hydrogens is 289 g/mol. The molecule has 7 heteroatoms.